The van der Waals surface area contributed by atoms with Crippen molar-refractivity contribution in [2.75, 3.05) is 4.90 Å². The summed E-state index contributed by atoms with van der Waals surface area (Å²) < 4.78 is 11.2. The van der Waals surface area contributed by atoms with Crippen LogP contribution in [0.1, 0.15) is 36.6 Å². The SMILES string of the molecule is O=C(OCc1cccc(Oc2ccc([N+](=O)[O-])cc2)c1)c1ccccc1N1C(=O)c2ccccc2C1=O. The zero-order valence-corrected chi connectivity index (χ0v) is 19.2. The van der Waals surface area contributed by atoms with Gasteiger partial charge in [-0.3, -0.25) is 19.7 Å². The van der Waals surface area contributed by atoms with Crippen LogP contribution in [0.3, 0.4) is 0 Å². The molecule has 0 saturated carbocycles. The first-order valence-corrected chi connectivity index (χ1v) is 11.2. The number of non-ortho nitro benzene ring substituents is 1. The van der Waals surface area contributed by atoms with Crippen LogP contribution in [-0.2, 0) is 11.3 Å². The lowest BCUT2D eigenvalue weighted by Crippen LogP contribution is -2.31. The molecular weight excluding hydrogens is 476 g/mol. The predicted molar refractivity (Wildman–Crippen MR) is 133 cm³/mol. The molecule has 9 heteroatoms. The molecule has 2 amide bonds. The Morgan fingerprint density at radius 3 is 2.11 bits per heavy atom. The summed E-state index contributed by atoms with van der Waals surface area (Å²) in [7, 11) is 0. The number of anilines is 1. The van der Waals surface area contributed by atoms with E-state index in [-0.39, 0.29) is 34.7 Å². The minimum atomic E-state index is -0.700. The molecule has 0 atom stereocenters. The Kier molecular flexibility index (Phi) is 6.17. The standard InChI is InChI=1S/C28H18N2O7/c31-26-22-8-1-2-9-23(22)27(32)29(26)25-11-4-3-10-24(25)28(33)36-17-18-6-5-7-21(16-18)37-20-14-12-19(13-15-20)30(34)35/h1-16H,17H2. The van der Waals surface area contributed by atoms with Gasteiger partial charge in [0.1, 0.15) is 18.1 Å². The maximum absolute atomic E-state index is 13.0. The summed E-state index contributed by atoms with van der Waals surface area (Å²) in [6, 6.07) is 25.3. The fraction of sp³-hybridized carbons (Fsp3) is 0.0357. The second-order valence-electron chi connectivity index (χ2n) is 8.09. The van der Waals surface area contributed by atoms with E-state index in [9.17, 15) is 24.5 Å². The number of esters is 1. The number of fused-ring (bicyclic) bond motifs is 1. The van der Waals surface area contributed by atoms with E-state index in [1.54, 1.807) is 60.7 Å². The summed E-state index contributed by atoms with van der Waals surface area (Å²) in [6.45, 7) is -0.0905. The molecule has 4 aromatic carbocycles. The van der Waals surface area contributed by atoms with E-state index in [4.69, 9.17) is 9.47 Å². The first-order chi connectivity index (χ1) is 17.9. The van der Waals surface area contributed by atoms with Crippen LogP contribution in [0.15, 0.2) is 97.1 Å². The number of benzene rings is 4. The Labute approximate surface area is 210 Å². The molecule has 0 fully saturated rings. The molecule has 182 valence electrons. The molecule has 0 saturated heterocycles. The van der Waals surface area contributed by atoms with Crippen molar-refractivity contribution in [2.45, 2.75) is 6.61 Å². The summed E-state index contributed by atoms with van der Waals surface area (Å²) in [4.78, 5) is 50.1. The number of carbonyl (C=O) groups excluding carboxylic acids is 3. The van der Waals surface area contributed by atoms with Gasteiger partial charge >= 0.3 is 5.97 Å². The first-order valence-electron chi connectivity index (χ1n) is 11.2. The van der Waals surface area contributed by atoms with Crippen LogP contribution >= 0.6 is 0 Å². The Morgan fingerprint density at radius 2 is 1.43 bits per heavy atom. The van der Waals surface area contributed by atoms with E-state index in [1.807, 2.05) is 0 Å². The molecule has 0 N–H and O–H groups in total. The maximum atomic E-state index is 13.0. The predicted octanol–water partition coefficient (Wildman–Crippen LogP) is 5.54. The number of rotatable bonds is 7. The van der Waals surface area contributed by atoms with Gasteiger partial charge in [0.15, 0.2) is 0 Å². The molecule has 0 aromatic heterocycles. The third kappa shape index (κ3) is 4.65. The largest absolute Gasteiger partial charge is 0.457 e. The minimum absolute atomic E-state index is 0.0468. The third-order valence-corrected chi connectivity index (χ3v) is 5.71. The lowest BCUT2D eigenvalue weighted by Gasteiger charge is -2.17. The number of ether oxygens (including phenoxy) is 2. The van der Waals surface area contributed by atoms with Gasteiger partial charge in [-0.2, -0.15) is 0 Å². The zero-order valence-electron chi connectivity index (χ0n) is 19.2. The average molecular weight is 494 g/mol. The summed E-state index contributed by atoms with van der Waals surface area (Å²) in [5.41, 5.74) is 1.37. The Bertz CT molecular complexity index is 1510. The summed E-state index contributed by atoms with van der Waals surface area (Å²) in [6.07, 6.45) is 0. The van der Waals surface area contributed by atoms with Crippen LogP contribution in [0.4, 0.5) is 11.4 Å². The highest BCUT2D eigenvalue weighted by Crippen LogP contribution is 2.31. The fourth-order valence-electron chi connectivity index (χ4n) is 3.95. The van der Waals surface area contributed by atoms with Crippen molar-refractivity contribution in [3.63, 3.8) is 0 Å². The zero-order chi connectivity index (χ0) is 25.9. The van der Waals surface area contributed by atoms with E-state index in [0.717, 1.165) is 4.90 Å². The van der Waals surface area contributed by atoms with E-state index >= 15 is 0 Å². The highest BCUT2D eigenvalue weighted by atomic mass is 16.6. The highest BCUT2D eigenvalue weighted by molar-refractivity contribution is 6.35. The van der Waals surface area contributed by atoms with Crippen LogP contribution in [0.25, 0.3) is 0 Å². The average Bonchev–Trinajstić information content (AvgIpc) is 3.17. The van der Waals surface area contributed by atoms with Gasteiger partial charge in [-0.1, -0.05) is 36.4 Å². The summed E-state index contributed by atoms with van der Waals surface area (Å²) >= 11 is 0. The molecule has 1 aliphatic heterocycles. The second kappa shape index (κ2) is 9.74. The second-order valence-corrected chi connectivity index (χ2v) is 8.09. The van der Waals surface area contributed by atoms with Gasteiger partial charge in [-0.15, -0.1) is 0 Å². The summed E-state index contributed by atoms with van der Waals surface area (Å²) in [5.74, 6) is -0.842. The lowest BCUT2D eigenvalue weighted by atomic mass is 10.1. The van der Waals surface area contributed by atoms with Crippen LogP contribution in [-0.4, -0.2) is 22.7 Å². The van der Waals surface area contributed by atoms with Crippen molar-refractivity contribution in [3.05, 3.63) is 129 Å². The highest BCUT2D eigenvalue weighted by Gasteiger charge is 2.38. The quantitative estimate of drug-likeness (QED) is 0.143. The van der Waals surface area contributed by atoms with Crippen LogP contribution in [0, 0.1) is 10.1 Å². The van der Waals surface area contributed by atoms with Crippen LogP contribution in [0.2, 0.25) is 0 Å². The Hall–Kier alpha value is -5.31. The number of para-hydroxylation sites is 1. The van der Waals surface area contributed by atoms with Crippen molar-refractivity contribution >= 4 is 29.2 Å². The summed E-state index contributed by atoms with van der Waals surface area (Å²) in [5, 5.41) is 10.8. The topological polar surface area (TPSA) is 116 Å². The van der Waals surface area contributed by atoms with E-state index in [2.05, 4.69) is 0 Å². The molecule has 9 nitrogen and oxygen atoms in total. The van der Waals surface area contributed by atoms with E-state index < -0.39 is 22.7 Å². The normalized spacial score (nSPS) is 12.3. The van der Waals surface area contributed by atoms with Crippen molar-refractivity contribution < 1.29 is 28.8 Å². The molecule has 0 spiro atoms. The van der Waals surface area contributed by atoms with Gasteiger partial charge in [0.25, 0.3) is 17.5 Å². The fourth-order valence-corrected chi connectivity index (χ4v) is 3.95. The molecule has 0 aliphatic carbocycles. The van der Waals surface area contributed by atoms with Crippen molar-refractivity contribution in [1.29, 1.82) is 0 Å². The molecule has 0 radical (unpaired) electrons. The van der Waals surface area contributed by atoms with E-state index in [1.165, 1.54) is 36.4 Å². The van der Waals surface area contributed by atoms with Crippen molar-refractivity contribution in [1.82, 2.24) is 0 Å². The monoisotopic (exact) mass is 494 g/mol. The molecule has 5 rings (SSSR count). The van der Waals surface area contributed by atoms with Gasteiger partial charge in [-0.05, 0) is 54.1 Å². The van der Waals surface area contributed by atoms with E-state index in [0.29, 0.717) is 17.1 Å². The van der Waals surface area contributed by atoms with Gasteiger partial charge < -0.3 is 9.47 Å². The van der Waals surface area contributed by atoms with Crippen molar-refractivity contribution in [3.8, 4) is 11.5 Å². The molecule has 37 heavy (non-hydrogen) atoms. The van der Waals surface area contributed by atoms with Crippen LogP contribution < -0.4 is 9.64 Å². The Morgan fingerprint density at radius 1 is 0.784 bits per heavy atom. The third-order valence-electron chi connectivity index (χ3n) is 5.71. The number of imide groups is 1. The number of nitro groups is 1. The van der Waals surface area contributed by atoms with Gasteiger partial charge in [0.2, 0.25) is 0 Å². The van der Waals surface area contributed by atoms with Crippen molar-refractivity contribution in [2.24, 2.45) is 0 Å². The number of nitrogens with zero attached hydrogens (tertiary/aromatic N) is 2. The number of amides is 2. The number of hydrogen-bond donors (Lipinski definition) is 0. The Balaban J connectivity index is 1.30. The lowest BCUT2D eigenvalue weighted by molar-refractivity contribution is -0.384. The maximum Gasteiger partial charge on any atom is 0.340 e. The number of nitro benzene ring substituents is 1. The minimum Gasteiger partial charge on any atom is -0.457 e. The smallest absolute Gasteiger partial charge is 0.340 e. The van der Waals surface area contributed by atoms with Crippen LogP contribution in [0.5, 0.6) is 11.5 Å². The molecular formula is C28H18N2O7. The molecule has 0 unspecified atom stereocenters. The molecule has 1 aliphatic rings. The van der Waals surface area contributed by atoms with Gasteiger partial charge in [0, 0.05) is 12.1 Å². The van der Waals surface area contributed by atoms with Gasteiger partial charge in [0.05, 0.1) is 27.3 Å². The number of carbonyl (C=O) groups is 3. The van der Waals surface area contributed by atoms with Gasteiger partial charge in [-0.25, -0.2) is 9.69 Å². The molecule has 1 heterocycles. The number of hydrogen-bond acceptors (Lipinski definition) is 7. The molecule has 4 aromatic rings. The molecule has 0 bridgehead atoms. The first kappa shape index (κ1) is 23.4.